The van der Waals surface area contributed by atoms with Crippen molar-refractivity contribution >= 4 is 0 Å². The summed E-state index contributed by atoms with van der Waals surface area (Å²) in [6.07, 6.45) is 2.07. The van der Waals surface area contributed by atoms with Gasteiger partial charge in [0.1, 0.15) is 5.75 Å². The van der Waals surface area contributed by atoms with E-state index in [1.165, 1.54) is 0 Å². The summed E-state index contributed by atoms with van der Waals surface area (Å²) in [6, 6.07) is 0. The monoisotopic (exact) mass is 222 g/mol. The third-order valence-corrected chi connectivity index (χ3v) is 3.25. The molecule has 16 heavy (non-hydrogen) atoms. The van der Waals surface area contributed by atoms with Gasteiger partial charge in [-0.05, 0) is 6.42 Å². The van der Waals surface area contributed by atoms with Crippen molar-refractivity contribution in [2.45, 2.75) is 19.3 Å². The number of hydrogen-bond acceptors (Lipinski definition) is 4. The number of aromatic hydroxyl groups is 1. The Kier molecular flexibility index (Phi) is 2.17. The molecule has 2 heterocycles. The normalized spacial score (nSPS) is 16.6. The Labute approximate surface area is 93.4 Å². The van der Waals surface area contributed by atoms with E-state index < -0.39 is 0 Å². The fraction of sp³-hybridized carbons (Fsp3) is 0.500. The third kappa shape index (κ3) is 1.19. The summed E-state index contributed by atoms with van der Waals surface area (Å²) in [6.45, 7) is 1.29. The molecule has 0 unspecified atom stereocenters. The fourth-order valence-corrected chi connectivity index (χ4v) is 2.56. The molecule has 0 amide bonds. The smallest absolute Gasteiger partial charge is 0.165 e. The van der Waals surface area contributed by atoms with E-state index in [2.05, 4.69) is 0 Å². The zero-order valence-corrected chi connectivity index (χ0v) is 8.95. The van der Waals surface area contributed by atoms with Gasteiger partial charge in [0.25, 0.3) is 0 Å². The summed E-state index contributed by atoms with van der Waals surface area (Å²) in [7, 11) is 0. The van der Waals surface area contributed by atoms with Crippen LogP contribution in [0, 0.1) is 0 Å². The van der Waals surface area contributed by atoms with Crippen molar-refractivity contribution in [3.8, 4) is 17.2 Å². The standard InChI is InChI=1S/C12H14O4/c13-4-1-7-8-2-5-16-12(8)10(14)9-3-6-15-11(7)9/h13-14H,1-6H2. The molecule has 4 nitrogen and oxygen atoms in total. The van der Waals surface area contributed by atoms with Crippen LogP contribution in [0.25, 0.3) is 0 Å². The van der Waals surface area contributed by atoms with E-state index in [0.717, 1.165) is 35.3 Å². The predicted molar refractivity (Wildman–Crippen MR) is 57.3 cm³/mol. The number of rotatable bonds is 2. The quantitative estimate of drug-likeness (QED) is 0.777. The first kappa shape index (κ1) is 9.78. The van der Waals surface area contributed by atoms with E-state index in [9.17, 15) is 5.11 Å². The van der Waals surface area contributed by atoms with Gasteiger partial charge in [-0.25, -0.2) is 0 Å². The Morgan fingerprint density at radius 3 is 2.44 bits per heavy atom. The molecule has 0 atom stereocenters. The Bertz CT molecular complexity index is 404. The Morgan fingerprint density at radius 1 is 1.00 bits per heavy atom. The van der Waals surface area contributed by atoms with Crippen LogP contribution in [0.5, 0.6) is 17.2 Å². The highest BCUT2D eigenvalue weighted by molar-refractivity contribution is 5.64. The molecular weight excluding hydrogens is 208 g/mol. The molecule has 4 heteroatoms. The minimum Gasteiger partial charge on any atom is -0.504 e. The van der Waals surface area contributed by atoms with Gasteiger partial charge in [-0.1, -0.05) is 0 Å². The molecule has 0 saturated heterocycles. The lowest BCUT2D eigenvalue weighted by atomic mass is 9.96. The topological polar surface area (TPSA) is 58.9 Å². The van der Waals surface area contributed by atoms with Gasteiger partial charge in [0, 0.05) is 36.1 Å². The van der Waals surface area contributed by atoms with Gasteiger partial charge in [-0.15, -0.1) is 0 Å². The molecule has 0 radical (unpaired) electrons. The van der Waals surface area contributed by atoms with E-state index in [1.54, 1.807) is 0 Å². The zero-order valence-electron chi connectivity index (χ0n) is 8.95. The lowest BCUT2D eigenvalue weighted by Crippen LogP contribution is -2.00. The molecule has 2 N–H and O–H groups in total. The van der Waals surface area contributed by atoms with Crippen molar-refractivity contribution in [1.29, 1.82) is 0 Å². The minimum atomic E-state index is 0.0903. The molecule has 0 aromatic heterocycles. The van der Waals surface area contributed by atoms with Crippen molar-refractivity contribution in [2.75, 3.05) is 19.8 Å². The number of benzene rings is 1. The maximum atomic E-state index is 10.1. The van der Waals surface area contributed by atoms with Crippen LogP contribution in [0.15, 0.2) is 0 Å². The number of aliphatic hydroxyl groups is 1. The second-order valence-electron chi connectivity index (χ2n) is 4.11. The molecule has 1 aromatic rings. The van der Waals surface area contributed by atoms with Crippen LogP contribution in [-0.2, 0) is 19.3 Å². The Balaban J connectivity index is 2.23. The maximum Gasteiger partial charge on any atom is 0.165 e. The molecule has 0 bridgehead atoms. The number of ether oxygens (including phenoxy) is 2. The molecule has 2 aliphatic rings. The minimum absolute atomic E-state index is 0.0903. The molecular formula is C12H14O4. The van der Waals surface area contributed by atoms with Crippen LogP contribution in [0.3, 0.4) is 0 Å². The van der Waals surface area contributed by atoms with Gasteiger partial charge < -0.3 is 19.7 Å². The van der Waals surface area contributed by atoms with Crippen molar-refractivity contribution in [3.63, 3.8) is 0 Å². The number of phenols is 1. The largest absolute Gasteiger partial charge is 0.504 e. The van der Waals surface area contributed by atoms with Crippen molar-refractivity contribution in [1.82, 2.24) is 0 Å². The first-order chi connectivity index (χ1) is 7.83. The Hall–Kier alpha value is -1.42. The van der Waals surface area contributed by atoms with Gasteiger partial charge in [-0.2, -0.15) is 0 Å². The highest BCUT2D eigenvalue weighted by atomic mass is 16.5. The summed E-state index contributed by atoms with van der Waals surface area (Å²) in [5.74, 6) is 1.62. The highest BCUT2D eigenvalue weighted by Crippen LogP contribution is 2.48. The zero-order chi connectivity index (χ0) is 11.1. The van der Waals surface area contributed by atoms with Crippen LogP contribution in [-0.4, -0.2) is 30.0 Å². The molecule has 0 saturated carbocycles. The molecule has 3 rings (SSSR count). The van der Waals surface area contributed by atoms with E-state index in [-0.39, 0.29) is 12.4 Å². The number of fused-ring (bicyclic) bond motifs is 2. The van der Waals surface area contributed by atoms with Gasteiger partial charge in [-0.3, -0.25) is 0 Å². The molecule has 86 valence electrons. The first-order valence-electron chi connectivity index (χ1n) is 5.59. The van der Waals surface area contributed by atoms with Gasteiger partial charge in [0.15, 0.2) is 11.5 Å². The van der Waals surface area contributed by atoms with Crippen molar-refractivity contribution in [3.05, 3.63) is 16.7 Å². The summed E-state index contributed by atoms with van der Waals surface area (Å²) in [5.41, 5.74) is 2.86. The average molecular weight is 222 g/mol. The fourth-order valence-electron chi connectivity index (χ4n) is 2.56. The summed E-state index contributed by atoms with van der Waals surface area (Å²) in [4.78, 5) is 0. The average Bonchev–Trinajstić information content (AvgIpc) is 2.92. The van der Waals surface area contributed by atoms with Crippen LogP contribution in [0.2, 0.25) is 0 Å². The van der Waals surface area contributed by atoms with Gasteiger partial charge in [0.2, 0.25) is 0 Å². The molecule has 0 spiro atoms. The maximum absolute atomic E-state index is 10.1. The first-order valence-corrected chi connectivity index (χ1v) is 5.59. The predicted octanol–water partition coefficient (Wildman–Crippen LogP) is 0.797. The van der Waals surface area contributed by atoms with Crippen molar-refractivity contribution in [2.24, 2.45) is 0 Å². The van der Waals surface area contributed by atoms with Gasteiger partial charge in [0.05, 0.1) is 13.2 Å². The van der Waals surface area contributed by atoms with Crippen LogP contribution < -0.4 is 9.47 Å². The molecule has 1 aromatic carbocycles. The molecule has 2 aliphatic heterocycles. The molecule has 0 fully saturated rings. The van der Waals surface area contributed by atoms with Crippen LogP contribution >= 0.6 is 0 Å². The molecule has 0 aliphatic carbocycles. The van der Waals surface area contributed by atoms with E-state index in [1.807, 2.05) is 0 Å². The van der Waals surface area contributed by atoms with E-state index in [0.29, 0.717) is 25.4 Å². The second-order valence-corrected chi connectivity index (χ2v) is 4.11. The lowest BCUT2D eigenvalue weighted by molar-refractivity contribution is 0.294. The lowest BCUT2D eigenvalue weighted by Gasteiger charge is -2.13. The van der Waals surface area contributed by atoms with Gasteiger partial charge >= 0.3 is 0 Å². The second kappa shape index (κ2) is 3.56. The number of aliphatic hydroxyl groups excluding tert-OH is 1. The van der Waals surface area contributed by atoms with E-state index >= 15 is 0 Å². The van der Waals surface area contributed by atoms with Crippen LogP contribution in [0.1, 0.15) is 16.7 Å². The number of phenolic OH excluding ortho intramolecular Hbond substituents is 1. The number of hydrogen-bond donors (Lipinski definition) is 2. The summed E-state index contributed by atoms with van der Waals surface area (Å²) in [5, 5.41) is 19.1. The third-order valence-electron chi connectivity index (χ3n) is 3.25. The van der Waals surface area contributed by atoms with E-state index in [4.69, 9.17) is 14.6 Å². The summed E-state index contributed by atoms with van der Waals surface area (Å²) >= 11 is 0. The highest BCUT2D eigenvalue weighted by Gasteiger charge is 2.30. The van der Waals surface area contributed by atoms with Crippen molar-refractivity contribution < 1.29 is 19.7 Å². The summed E-state index contributed by atoms with van der Waals surface area (Å²) < 4.78 is 11.0. The SMILES string of the molecule is OCCc1c2c(c(O)c3c1OCC3)OCC2. The van der Waals surface area contributed by atoms with Crippen LogP contribution in [0.4, 0.5) is 0 Å². The Morgan fingerprint density at radius 2 is 1.69 bits per heavy atom.